The van der Waals surface area contributed by atoms with Crippen LogP contribution in [0.25, 0.3) is 0 Å². The van der Waals surface area contributed by atoms with Crippen molar-refractivity contribution < 1.29 is 0 Å². The number of nitrogens with zero attached hydrogens (tertiary/aromatic N) is 3. The molecule has 0 fully saturated rings. The van der Waals surface area contributed by atoms with Gasteiger partial charge in [-0.25, -0.2) is 9.97 Å². The van der Waals surface area contributed by atoms with Crippen molar-refractivity contribution in [1.29, 1.82) is 0 Å². The topological polar surface area (TPSA) is 29.0 Å². The fraction of sp³-hybridized carbons (Fsp3) is 0.636. The van der Waals surface area contributed by atoms with E-state index in [4.69, 9.17) is 0 Å². The fourth-order valence-corrected chi connectivity index (χ4v) is 1.34. The first kappa shape index (κ1) is 11.0. The lowest BCUT2D eigenvalue weighted by molar-refractivity contribution is 0.756. The van der Waals surface area contributed by atoms with E-state index in [1.165, 1.54) is 0 Å². The molecule has 3 heteroatoms. The molecule has 3 nitrogen and oxygen atoms in total. The first-order valence-electron chi connectivity index (χ1n) is 5.09. The predicted octanol–water partition coefficient (Wildman–Crippen LogP) is 2.23. The second kappa shape index (κ2) is 4.40. The molecule has 0 aromatic carbocycles. The van der Waals surface area contributed by atoms with E-state index in [0.717, 1.165) is 23.6 Å². The van der Waals surface area contributed by atoms with Gasteiger partial charge in [0.2, 0.25) is 0 Å². The zero-order valence-electron chi connectivity index (χ0n) is 9.70. The van der Waals surface area contributed by atoms with Crippen LogP contribution in [0.3, 0.4) is 0 Å². The van der Waals surface area contributed by atoms with Crippen molar-refractivity contribution in [3.05, 3.63) is 17.7 Å². The molecule has 0 saturated heterocycles. The van der Waals surface area contributed by atoms with Gasteiger partial charge in [0, 0.05) is 20.0 Å². The SMILES string of the molecule is CCc1nc(C(C)C)ncc1N(C)C. The second-order valence-corrected chi connectivity index (χ2v) is 3.96. The summed E-state index contributed by atoms with van der Waals surface area (Å²) in [7, 11) is 4.04. The molecule has 0 amide bonds. The number of hydrogen-bond acceptors (Lipinski definition) is 3. The maximum absolute atomic E-state index is 4.56. The minimum absolute atomic E-state index is 0.400. The van der Waals surface area contributed by atoms with Gasteiger partial charge in [-0.05, 0) is 6.42 Å². The normalized spacial score (nSPS) is 10.7. The van der Waals surface area contributed by atoms with Gasteiger partial charge in [0.1, 0.15) is 5.82 Å². The van der Waals surface area contributed by atoms with Crippen molar-refractivity contribution in [2.75, 3.05) is 19.0 Å². The van der Waals surface area contributed by atoms with Crippen LogP contribution in [0.4, 0.5) is 5.69 Å². The van der Waals surface area contributed by atoms with Crippen molar-refractivity contribution in [2.24, 2.45) is 0 Å². The summed E-state index contributed by atoms with van der Waals surface area (Å²) in [6, 6.07) is 0. The lowest BCUT2D eigenvalue weighted by atomic mass is 10.2. The molecular weight excluding hydrogens is 174 g/mol. The Labute approximate surface area is 86.2 Å². The molecule has 1 rings (SSSR count). The Morgan fingerprint density at radius 2 is 2.00 bits per heavy atom. The minimum atomic E-state index is 0.400. The van der Waals surface area contributed by atoms with E-state index in [-0.39, 0.29) is 0 Å². The van der Waals surface area contributed by atoms with Gasteiger partial charge in [0.25, 0.3) is 0 Å². The maximum Gasteiger partial charge on any atom is 0.131 e. The van der Waals surface area contributed by atoms with Gasteiger partial charge in [-0.2, -0.15) is 0 Å². The summed E-state index contributed by atoms with van der Waals surface area (Å²) in [5, 5.41) is 0. The van der Waals surface area contributed by atoms with Crippen molar-refractivity contribution in [1.82, 2.24) is 9.97 Å². The quantitative estimate of drug-likeness (QED) is 0.737. The van der Waals surface area contributed by atoms with Crippen LogP contribution in [0.15, 0.2) is 6.20 Å². The van der Waals surface area contributed by atoms with Gasteiger partial charge in [0.15, 0.2) is 0 Å². The molecule has 0 unspecified atom stereocenters. The van der Waals surface area contributed by atoms with E-state index in [2.05, 4.69) is 35.6 Å². The van der Waals surface area contributed by atoms with Crippen LogP contribution in [0.1, 0.15) is 38.2 Å². The maximum atomic E-state index is 4.56. The highest BCUT2D eigenvalue weighted by Crippen LogP contribution is 2.18. The molecule has 1 heterocycles. The molecule has 0 saturated carbocycles. The van der Waals surface area contributed by atoms with E-state index in [1.807, 2.05) is 20.3 Å². The number of rotatable bonds is 3. The molecule has 0 N–H and O–H groups in total. The molecule has 1 aromatic rings. The Hall–Kier alpha value is -1.12. The van der Waals surface area contributed by atoms with Crippen molar-refractivity contribution in [3.63, 3.8) is 0 Å². The fourth-order valence-electron chi connectivity index (χ4n) is 1.34. The third-order valence-corrected chi connectivity index (χ3v) is 2.20. The zero-order valence-corrected chi connectivity index (χ0v) is 9.70. The van der Waals surface area contributed by atoms with Gasteiger partial charge in [0.05, 0.1) is 17.6 Å². The Morgan fingerprint density at radius 3 is 2.43 bits per heavy atom. The Morgan fingerprint density at radius 1 is 1.36 bits per heavy atom. The summed E-state index contributed by atoms with van der Waals surface area (Å²) < 4.78 is 0. The highest BCUT2D eigenvalue weighted by Gasteiger charge is 2.09. The Bertz CT molecular complexity index is 305. The average Bonchev–Trinajstić information content (AvgIpc) is 2.16. The summed E-state index contributed by atoms with van der Waals surface area (Å²) in [5.74, 6) is 1.34. The molecule has 0 aliphatic rings. The van der Waals surface area contributed by atoms with Gasteiger partial charge in [-0.15, -0.1) is 0 Å². The number of anilines is 1. The van der Waals surface area contributed by atoms with Crippen LogP contribution in [0.5, 0.6) is 0 Å². The smallest absolute Gasteiger partial charge is 0.131 e. The number of aromatic nitrogens is 2. The van der Waals surface area contributed by atoms with Crippen molar-refractivity contribution >= 4 is 5.69 Å². The molecule has 0 bridgehead atoms. The molecule has 0 radical (unpaired) electrons. The molecule has 0 aliphatic heterocycles. The van der Waals surface area contributed by atoms with Crippen LogP contribution in [0.2, 0.25) is 0 Å². The summed E-state index contributed by atoms with van der Waals surface area (Å²) >= 11 is 0. The zero-order chi connectivity index (χ0) is 10.7. The second-order valence-electron chi connectivity index (χ2n) is 3.96. The van der Waals surface area contributed by atoms with E-state index in [9.17, 15) is 0 Å². The van der Waals surface area contributed by atoms with Gasteiger partial charge in [-0.1, -0.05) is 20.8 Å². The number of hydrogen-bond donors (Lipinski definition) is 0. The molecule has 0 atom stereocenters. The van der Waals surface area contributed by atoms with Gasteiger partial charge < -0.3 is 4.90 Å². The summed E-state index contributed by atoms with van der Waals surface area (Å²) in [6.07, 6.45) is 2.87. The molecule has 0 spiro atoms. The molecular formula is C11H19N3. The van der Waals surface area contributed by atoms with Crippen LogP contribution in [0, 0.1) is 0 Å². The van der Waals surface area contributed by atoms with Gasteiger partial charge in [-0.3, -0.25) is 0 Å². The minimum Gasteiger partial charge on any atom is -0.375 e. The van der Waals surface area contributed by atoms with E-state index in [1.54, 1.807) is 0 Å². The Kier molecular flexibility index (Phi) is 3.44. The highest BCUT2D eigenvalue weighted by molar-refractivity contribution is 5.47. The summed E-state index contributed by atoms with van der Waals surface area (Å²) in [6.45, 7) is 6.35. The van der Waals surface area contributed by atoms with Crippen LogP contribution >= 0.6 is 0 Å². The molecule has 0 aliphatic carbocycles. The monoisotopic (exact) mass is 193 g/mol. The molecule has 14 heavy (non-hydrogen) atoms. The first-order valence-corrected chi connectivity index (χ1v) is 5.09. The largest absolute Gasteiger partial charge is 0.375 e. The Balaban J connectivity index is 3.11. The van der Waals surface area contributed by atoms with E-state index in [0.29, 0.717) is 5.92 Å². The van der Waals surface area contributed by atoms with Crippen molar-refractivity contribution in [3.8, 4) is 0 Å². The lowest BCUT2D eigenvalue weighted by Gasteiger charge is -2.16. The van der Waals surface area contributed by atoms with Crippen LogP contribution < -0.4 is 4.90 Å². The lowest BCUT2D eigenvalue weighted by Crippen LogP contribution is -2.14. The predicted molar refractivity (Wildman–Crippen MR) is 59.8 cm³/mol. The third-order valence-electron chi connectivity index (χ3n) is 2.20. The first-order chi connectivity index (χ1) is 6.56. The highest BCUT2D eigenvalue weighted by atomic mass is 15.1. The van der Waals surface area contributed by atoms with Crippen molar-refractivity contribution in [2.45, 2.75) is 33.1 Å². The number of aryl methyl sites for hydroxylation is 1. The van der Waals surface area contributed by atoms with Crippen LogP contribution in [-0.4, -0.2) is 24.1 Å². The summed E-state index contributed by atoms with van der Waals surface area (Å²) in [5.41, 5.74) is 2.26. The molecule has 78 valence electrons. The third kappa shape index (κ3) is 2.22. The van der Waals surface area contributed by atoms with Crippen LogP contribution in [-0.2, 0) is 6.42 Å². The van der Waals surface area contributed by atoms with E-state index < -0.39 is 0 Å². The summed E-state index contributed by atoms with van der Waals surface area (Å²) in [4.78, 5) is 11.0. The molecule has 1 aromatic heterocycles. The average molecular weight is 193 g/mol. The van der Waals surface area contributed by atoms with E-state index >= 15 is 0 Å². The standard InChI is InChI=1S/C11H19N3/c1-6-9-10(14(4)5)7-12-11(13-9)8(2)3/h7-8H,6H2,1-5H3. The van der Waals surface area contributed by atoms with Gasteiger partial charge >= 0.3 is 0 Å².